The van der Waals surface area contributed by atoms with Gasteiger partial charge in [-0.15, -0.1) is 0 Å². The molecule has 19 heavy (non-hydrogen) atoms. The lowest BCUT2D eigenvalue weighted by Gasteiger charge is -2.04. The van der Waals surface area contributed by atoms with E-state index in [1.165, 1.54) is 48.8 Å². The summed E-state index contributed by atoms with van der Waals surface area (Å²) in [6.07, 6.45) is 3.04. The van der Waals surface area contributed by atoms with Gasteiger partial charge in [-0.05, 0) is 12.1 Å². The number of rotatable bonds is 4. The van der Waals surface area contributed by atoms with Crippen molar-refractivity contribution in [3.05, 3.63) is 74.7 Å². The number of aromatic nitrogens is 1. The van der Waals surface area contributed by atoms with Crippen molar-refractivity contribution < 1.29 is 9.72 Å². The molecule has 2 rings (SSSR count). The molecule has 0 aliphatic heterocycles. The molecule has 0 bridgehead atoms. The molecule has 0 spiro atoms. The van der Waals surface area contributed by atoms with Crippen LogP contribution >= 0.6 is 0 Å². The molecule has 0 aliphatic rings. The maximum Gasteiger partial charge on any atom is 0.269 e. The van der Waals surface area contributed by atoms with E-state index in [0.717, 1.165) is 0 Å². The van der Waals surface area contributed by atoms with Crippen LogP contribution in [0, 0.1) is 10.1 Å². The van der Waals surface area contributed by atoms with Gasteiger partial charge < -0.3 is 4.57 Å². The van der Waals surface area contributed by atoms with E-state index in [-0.39, 0.29) is 23.4 Å². The summed E-state index contributed by atoms with van der Waals surface area (Å²) in [5.41, 5.74) is 0.211. The molecule has 0 amide bonds. The number of non-ortho nitro benzene ring substituents is 1. The van der Waals surface area contributed by atoms with Crippen LogP contribution in [0.3, 0.4) is 0 Å². The summed E-state index contributed by atoms with van der Waals surface area (Å²) in [6.45, 7) is 0.0814. The first-order valence-corrected chi connectivity index (χ1v) is 5.50. The lowest BCUT2D eigenvalue weighted by Crippen LogP contribution is -2.12. The molecule has 0 radical (unpaired) electrons. The minimum Gasteiger partial charge on any atom is -0.346 e. The van der Waals surface area contributed by atoms with Crippen molar-refractivity contribution in [1.29, 1.82) is 0 Å². The minimum atomic E-state index is -0.518. The Hall–Kier alpha value is -2.76. The molecule has 1 aromatic carbocycles. The number of nitro benzene ring substituents is 1. The summed E-state index contributed by atoms with van der Waals surface area (Å²) in [5, 5.41) is 10.5. The van der Waals surface area contributed by atoms with Gasteiger partial charge >= 0.3 is 0 Å². The zero-order valence-corrected chi connectivity index (χ0v) is 9.85. The monoisotopic (exact) mass is 258 g/mol. The number of hydrogen-bond acceptors (Lipinski definition) is 4. The number of hydrogen-bond donors (Lipinski definition) is 0. The SMILES string of the molecule is O=C(Cn1ccc(=O)cc1)c1ccc([N+](=O)[O-])cc1. The van der Waals surface area contributed by atoms with Crippen molar-refractivity contribution >= 4 is 11.5 Å². The predicted octanol–water partition coefficient (Wildman–Crippen LogP) is 1.64. The fourth-order valence-electron chi connectivity index (χ4n) is 1.58. The number of nitrogens with zero attached hydrogens (tertiary/aromatic N) is 2. The van der Waals surface area contributed by atoms with Crippen molar-refractivity contribution in [3.8, 4) is 0 Å². The van der Waals surface area contributed by atoms with Gasteiger partial charge in [-0.25, -0.2) is 0 Å². The molecule has 1 heterocycles. The zero-order chi connectivity index (χ0) is 13.8. The quantitative estimate of drug-likeness (QED) is 0.474. The van der Waals surface area contributed by atoms with Gasteiger partial charge in [0.15, 0.2) is 11.2 Å². The molecule has 2 aromatic rings. The molecule has 0 atom stereocenters. The van der Waals surface area contributed by atoms with Crippen molar-refractivity contribution in [3.63, 3.8) is 0 Å². The highest BCUT2D eigenvalue weighted by atomic mass is 16.6. The Bertz CT molecular complexity index is 653. The summed E-state index contributed by atoms with van der Waals surface area (Å²) < 4.78 is 1.57. The van der Waals surface area contributed by atoms with Gasteiger partial charge in [0.05, 0.1) is 11.5 Å². The third-order valence-electron chi connectivity index (χ3n) is 2.59. The highest BCUT2D eigenvalue weighted by Gasteiger charge is 2.09. The van der Waals surface area contributed by atoms with Gasteiger partial charge in [0.2, 0.25) is 0 Å². The molecule has 0 fully saturated rings. The summed E-state index contributed by atoms with van der Waals surface area (Å²) in [4.78, 5) is 32.8. The number of nitro groups is 1. The fourth-order valence-corrected chi connectivity index (χ4v) is 1.58. The Morgan fingerprint density at radius 3 is 2.21 bits per heavy atom. The first-order chi connectivity index (χ1) is 9.06. The lowest BCUT2D eigenvalue weighted by molar-refractivity contribution is -0.384. The van der Waals surface area contributed by atoms with Crippen molar-refractivity contribution in [2.75, 3.05) is 0 Å². The highest BCUT2D eigenvalue weighted by molar-refractivity contribution is 5.96. The maximum absolute atomic E-state index is 11.9. The Balaban J connectivity index is 2.13. The van der Waals surface area contributed by atoms with E-state index in [2.05, 4.69) is 0 Å². The molecule has 0 saturated carbocycles. The number of carbonyl (C=O) groups excluding carboxylic acids is 1. The van der Waals surface area contributed by atoms with Crippen LogP contribution < -0.4 is 5.43 Å². The number of Topliss-reactive ketones (excluding diaryl/α,β-unsaturated/α-hetero) is 1. The molecule has 1 aromatic heterocycles. The van der Waals surface area contributed by atoms with Crippen LogP contribution in [0.1, 0.15) is 10.4 Å². The van der Waals surface area contributed by atoms with Crippen molar-refractivity contribution in [2.24, 2.45) is 0 Å². The van der Waals surface area contributed by atoms with Crippen LogP contribution in [-0.2, 0) is 6.54 Å². The third kappa shape index (κ3) is 3.12. The summed E-state index contributed by atoms with van der Waals surface area (Å²) in [5.74, 6) is -0.182. The van der Waals surface area contributed by atoms with E-state index in [4.69, 9.17) is 0 Å². The average Bonchev–Trinajstić information content (AvgIpc) is 2.41. The van der Waals surface area contributed by atoms with Gasteiger partial charge in [-0.2, -0.15) is 0 Å². The van der Waals surface area contributed by atoms with E-state index < -0.39 is 4.92 Å². The summed E-state index contributed by atoms with van der Waals surface area (Å²) in [7, 11) is 0. The third-order valence-corrected chi connectivity index (χ3v) is 2.59. The van der Waals surface area contributed by atoms with E-state index in [9.17, 15) is 19.7 Å². The second kappa shape index (κ2) is 5.26. The molecule has 6 heteroatoms. The molecule has 0 unspecified atom stereocenters. The summed E-state index contributed by atoms with van der Waals surface area (Å²) in [6, 6.07) is 8.15. The van der Waals surface area contributed by atoms with Gasteiger partial charge in [0.25, 0.3) is 5.69 Å². The topological polar surface area (TPSA) is 82.2 Å². The second-order valence-electron chi connectivity index (χ2n) is 3.93. The van der Waals surface area contributed by atoms with Crippen LogP contribution in [0.5, 0.6) is 0 Å². The standard InChI is InChI=1S/C13H10N2O4/c16-12-5-7-14(8-6-12)9-13(17)10-1-3-11(4-2-10)15(18)19/h1-8H,9H2. The van der Waals surface area contributed by atoms with Gasteiger partial charge in [-0.1, -0.05) is 0 Å². The van der Waals surface area contributed by atoms with Gasteiger partial charge in [0, 0.05) is 42.2 Å². The zero-order valence-electron chi connectivity index (χ0n) is 9.85. The Morgan fingerprint density at radius 1 is 1.11 bits per heavy atom. The van der Waals surface area contributed by atoms with E-state index in [1.54, 1.807) is 4.57 Å². The predicted molar refractivity (Wildman–Crippen MR) is 68.1 cm³/mol. The maximum atomic E-state index is 11.9. The molecule has 0 aliphatic carbocycles. The normalized spacial score (nSPS) is 10.1. The highest BCUT2D eigenvalue weighted by Crippen LogP contribution is 2.12. The van der Waals surface area contributed by atoms with Crippen LogP contribution in [0.4, 0.5) is 5.69 Å². The first-order valence-electron chi connectivity index (χ1n) is 5.50. The van der Waals surface area contributed by atoms with E-state index in [1.807, 2.05) is 0 Å². The first kappa shape index (κ1) is 12.7. The van der Waals surface area contributed by atoms with Crippen LogP contribution in [-0.4, -0.2) is 15.3 Å². The molecule has 96 valence electrons. The smallest absolute Gasteiger partial charge is 0.269 e. The van der Waals surface area contributed by atoms with E-state index in [0.29, 0.717) is 5.56 Å². The molecule has 0 saturated heterocycles. The van der Waals surface area contributed by atoms with Crippen molar-refractivity contribution in [2.45, 2.75) is 6.54 Å². The number of ketones is 1. The number of pyridine rings is 1. The lowest BCUT2D eigenvalue weighted by atomic mass is 10.1. The van der Waals surface area contributed by atoms with Crippen LogP contribution in [0.25, 0.3) is 0 Å². The van der Waals surface area contributed by atoms with Crippen LogP contribution in [0.2, 0.25) is 0 Å². The molecule has 0 N–H and O–H groups in total. The van der Waals surface area contributed by atoms with Gasteiger partial charge in [-0.3, -0.25) is 19.7 Å². The van der Waals surface area contributed by atoms with E-state index >= 15 is 0 Å². The second-order valence-corrected chi connectivity index (χ2v) is 3.93. The molecular weight excluding hydrogens is 248 g/mol. The Labute approximate surface area is 108 Å². The van der Waals surface area contributed by atoms with Crippen molar-refractivity contribution in [1.82, 2.24) is 4.57 Å². The minimum absolute atomic E-state index is 0.0556. The Kier molecular flexibility index (Phi) is 3.51. The summed E-state index contributed by atoms with van der Waals surface area (Å²) >= 11 is 0. The molecule has 6 nitrogen and oxygen atoms in total. The van der Waals surface area contributed by atoms with Gasteiger partial charge in [0.1, 0.15) is 0 Å². The number of carbonyl (C=O) groups is 1. The Morgan fingerprint density at radius 2 is 1.68 bits per heavy atom. The van der Waals surface area contributed by atoms with Crippen LogP contribution in [0.15, 0.2) is 53.6 Å². The largest absolute Gasteiger partial charge is 0.346 e. The fraction of sp³-hybridized carbons (Fsp3) is 0.0769. The number of benzene rings is 1. The molecular formula is C13H10N2O4. The average molecular weight is 258 g/mol.